The van der Waals surface area contributed by atoms with E-state index in [2.05, 4.69) is 20.6 Å². The Morgan fingerprint density at radius 3 is 2.26 bits per heavy atom. The third-order valence-corrected chi connectivity index (χ3v) is 3.76. The number of nitrogens with one attached hydrogen (secondary N) is 1. The molecular formula is C16H16F3N5O3. The number of hydrogen-bond acceptors (Lipinski definition) is 7. The van der Waals surface area contributed by atoms with E-state index in [1.807, 2.05) is 0 Å². The summed E-state index contributed by atoms with van der Waals surface area (Å²) in [6.07, 6.45) is -4.66. The van der Waals surface area contributed by atoms with Crippen molar-refractivity contribution in [2.75, 3.05) is 26.6 Å². The number of methoxy groups -OCH3 is 3. The lowest BCUT2D eigenvalue weighted by Gasteiger charge is -2.15. The highest BCUT2D eigenvalue weighted by atomic mass is 19.4. The van der Waals surface area contributed by atoms with E-state index in [1.165, 1.54) is 33.5 Å². The van der Waals surface area contributed by atoms with Crippen molar-refractivity contribution in [2.45, 2.75) is 12.7 Å². The Balaban J connectivity index is 1.88. The van der Waals surface area contributed by atoms with Crippen molar-refractivity contribution in [1.82, 2.24) is 19.8 Å². The first-order valence-corrected chi connectivity index (χ1v) is 7.69. The zero-order valence-corrected chi connectivity index (χ0v) is 14.7. The van der Waals surface area contributed by atoms with Gasteiger partial charge in [0.2, 0.25) is 0 Å². The molecule has 0 aliphatic rings. The Bertz CT molecular complexity index is 958. The maximum atomic E-state index is 13.0. The number of rotatable bonds is 6. The summed E-state index contributed by atoms with van der Waals surface area (Å²) in [7, 11) is 4.51. The van der Waals surface area contributed by atoms with Gasteiger partial charge in [0.25, 0.3) is 5.82 Å². The fourth-order valence-corrected chi connectivity index (χ4v) is 2.48. The van der Waals surface area contributed by atoms with E-state index < -0.39 is 12.0 Å². The van der Waals surface area contributed by atoms with Gasteiger partial charge in [0.1, 0.15) is 11.6 Å². The van der Waals surface area contributed by atoms with Crippen LogP contribution in [0.1, 0.15) is 11.4 Å². The summed E-state index contributed by atoms with van der Waals surface area (Å²) in [5.41, 5.74) is 0.702. The molecule has 0 aliphatic carbocycles. The van der Waals surface area contributed by atoms with Gasteiger partial charge in [0.05, 0.1) is 21.3 Å². The molecule has 0 unspecified atom stereocenters. The molecule has 2 heterocycles. The first-order valence-electron chi connectivity index (χ1n) is 7.69. The molecule has 1 N–H and O–H groups in total. The molecule has 8 nitrogen and oxygen atoms in total. The van der Waals surface area contributed by atoms with E-state index in [0.717, 1.165) is 0 Å². The van der Waals surface area contributed by atoms with Crippen LogP contribution in [0.2, 0.25) is 0 Å². The molecule has 0 aliphatic heterocycles. The molecule has 0 bridgehead atoms. The molecule has 27 heavy (non-hydrogen) atoms. The predicted molar refractivity (Wildman–Crippen MR) is 89.2 cm³/mol. The second-order valence-corrected chi connectivity index (χ2v) is 5.38. The molecule has 3 aromatic rings. The third kappa shape index (κ3) is 3.66. The van der Waals surface area contributed by atoms with E-state index in [1.54, 1.807) is 12.1 Å². The molecule has 0 spiro atoms. The lowest BCUT2D eigenvalue weighted by atomic mass is 10.1. The van der Waals surface area contributed by atoms with Gasteiger partial charge in [-0.2, -0.15) is 17.7 Å². The summed E-state index contributed by atoms with van der Waals surface area (Å²) in [6.45, 7) is 0.228. The molecule has 0 saturated heterocycles. The first-order chi connectivity index (χ1) is 12.9. The second kappa shape index (κ2) is 7.17. The predicted octanol–water partition coefficient (Wildman–Crippen LogP) is 2.78. The highest BCUT2D eigenvalue weighted by Crippen LogP contribution is 2.35. The number of benzene rings is 1. The average Bonchev–Trinajstić information content (AvgIpc) is 3.09. The molecule has 3 rings (SSSR count). The summed E-state index contributed by atoms with van der Waals surface area (Å²) < 4.78 is 55.3. The van der Waals surface area contributed by atoms with Gasteiger partial charge in [0, 0.05) is 18.2 Å². The Hall–Kier alpha value is -3.24. The van der Waals surface area contributed by atoms with E-state index in [4.69, 9.17) is 14.2 Å². The van der Waals surface area contributed by atoms with Crippen molar-refractivity contribution in [1.29, 1.82) is 0 Å². The fraction of sp³-hybridized carbons (Fsp3) is 0.312. The van der Waals surface area contributed by atoms with Gasteiger partial charge in [0.15, 0.2) is 17.1 Å². The Kier molecular flexibility index (Phi) is 4.93. The highest BCUT2D eigenvalue weighted by Gasteiger charge is 2.37. The molecule has 0 amide bonds. The monoisotopic (exact) mass is 383 g/mol. The molecule has 1 aromatic carbocycles. The average molecular weight is 383 g/mol. The van der Waals surface area contributed by atoms with Crippen molar-refractivity contribution in [3.05, 3.63) is 35.7 Å². The van der Waals surface area contributed by atoms with Crippen LogP contribution >= 0.6 is 0 Å². The second-order valence-electron chi connectivity index (χ2n) is 5.38. The summed E-state index contributed by atoms with van der Waals surface area (Å²) in [5.74, 6) is 0.546. The van der Waals surface area contributed by atoms with Crippen LogP contribution in [-0.2, 0) is 12.7 Å². The Morgan fingerprint density at radius 1 is 0.963 bits per heavy atom. The zero-order chi connectivity index (χ0) is 19.6. The molecule has 0 saturated carbocycles. The number of nitrogens with zero attached hydrogens (tertiary/aromatic N) is 4. The number of alkyl halides is 3. The fourth-order valence-electron chi connectivity index (χ4n) is 2.48. The van der Waals surface area contributed by atoms with Crippen molar-refractivity contribution < 1.29 is 27.4 Å². The van der Waals surface area contributed by atoms with Crippen LogP contribution in [0.3, 0.4) is 0 Å². The molecule has 0 atom stereocenters. The first kappa shape index (κ1) is 18.5. The smallest absolute Gasteiger partial charge is 0.453 e. The quantitative estimate of drug-likeness (QED) is 0.701. The summed E-state index contributed by atoms with van der Waals surface area (Å²) in [5, 5.41) is 13.5. The molecule has 2 aromatic heterocycles. The normalized spacial score (nSPS) is 11.5. The van der Waals surface area contributed by atoms with Gasteiger partial charge >= 0.3 is 6.18 Å². The van der Waals surface area contributed by atoms with Crippen LogP contribution in [0.15, 0.2) is 24.3 Å². The third-order valence-electron chi connectivity index (χ3n) is 3.76. The van der Waals surface area contributed by atoms with Crippen LogP contribution in [-0.4, -0.2) is 41.1 Å². The SMILES string of the molecule is COc1cc(OC)c(OC)cc1CNc1ccc2nnc(C(F)(F)F)n2n1. The number of ether oxygens (including phenoxy) is 3. The summed E-state index contributed by atoms with van der Waals surface area (Å²) in [4.78, 5) is 0. The zero-order valence-electron chi connectivity index (χ0n) is 14.7. The Morgan fingerprint density at radius 2 is 1.63 bits per heavy atom. The summed E-state index contributed by atoms with van der Waals surface area (Å²) >= 11 is 0. The van der Waals surface area contributed by atoms with Gasteiger partial charge < -0.3 is 19.5 Å². The molecule has 11 heteroatoms. The van der Waals surface area contributed by atoms with Crippen LogP contribution in [0.4, 0.5) is 19.0 Å². The maximum absolute atomic E-state index is 13.0. The number of aromatic nitrogens is 4. The number of hydrogen-bond donors (Lipinski definition) is 1. The largest absolute Gasteiger partial charge is 0.496 e. The van der Waals surface area contributed by atoms with E-state index in [0.29, 0.717) is 27.3 Å². The van der Waals surface area contributed by atoms with E-state index in [-0.39, 0.29) is 18.0 Å². The van der Waals surface area contributed by atoms with Crippen LogP contribution in [0.25, 0.3) is 5.65 Å². The molecule has 0 radical (unpaired) electrons. The van der Waals surface area contributed by atoms with Gasteiger partial charge in [-0.05, 0) is 18.2 Å². The Labute approximate surface area is 151 Å². The minimum absolute atomic E-state index is 0.00317. The highest BCUT2D eigenvalue weighted by molar-refractivity contribution is 5.52. The van der Waals surface area contributed by atoms with E-state index >= 15 is 0 Å². The van der Waals surface area contributed by atoms with Crippen molar-refractivity contribution >= 4 is 11.5 Å². The topological polar surface area (TPSA) is 82.8 Å². The maximum Gasteiger partial charge on any atom is 0.453 e. The van der Waals surface area contributed by atoms with Crippen LogP contribution in [0.5, 0.6) is 17.2 Å². The molecule has 0 fully saturated rings. The minimum atomic E-state index is -4.66. The van der Waals surface area contributed by atoms with Crippen LogP contribution < -0.4 is 19.5 Å². The van der Waals surface area contributed by atoms with Crippen molar-refractivity contribution in [3.8, 4) is 17.2 Å². The van der Waals surface area contributed by atoms with Gasteiger partial charge in [-0.15, -0.1) is 15.3 Å². The molecule has 144 valence electrons. The van der Waals surface area contributed by atoms with Crippen molar-refractivity contribution in [2.24, 2.45) is 0 Å². The van der Waals surface area contributed by atoms with Gasteiger partial charge in [-0.1, -0.05) is 0 Å². The molecular weight excluding hydrogens is 367 g/mol. The lowest BCUT2D eigenvalue weighted by Crippen LogP contribution is -2.13. The van der Waals surface area contributed by atoms with Gasteiger partial charge in [-0.3, -0.25) is 0 Å². The number of halogens is 3. The number of fused-ring (bicyclic) bond motifs is 1. The van der Waals surface area contributed by atoms with Crippen molar-refractivity contribution in [3.63, 3.8) is 0 Å². The van der Waals surface area contributed by atoms with E-state index in [9.17, 15) is 13.2 Å². The van der Waals surface area contributed by atoms with Gasteiger partial charge in [-0.25, -0.2) is 0 Å². The lowest BCUT2D eigenvalue weighted by molar-refractivity contribution is -0.146. The standard InChI is InChI=1S/C16H16F3N5O3/c1-25-10-7-12(27-3)11(26-2)6-9(10)8-20-13-4-5-14-21-22-15(16(17,18)19)24(14)23-13/h4-7H,8H2,1-3H3,(H,20,23). The van der Waals surface area contributed by atoms with Crippen LogP contribution in [0, 0.1) is 0 Å². The summed E-state index contributed by atoms with van der Waals surface area (Å²) in [6, 6.07) is 6.28. The minimum Gasteiger partial charge on any atom is -0.496 e. The number of anilines is 1.